The molecule has 4 rings (SSSR count). The molecule has 4 aliphatic rings. The predicted molar refractivity (Wildman–Crippen MR) is 95.9 cm³/mol. The SMILES string of the molecule is CCC1CCC([NH+]2CC[NH+]3CCC[C@@H]3[C@@H]2C2CCCCC2)CC1. The zero-order valence-corrected chi connectivity index (χ0v) is 15.5. The molecular weight excluding hydrogens is 280 g/mol. The van der Waals surface area contributed by atoms with E-state index in [-0.39, 0.29) is 0 Å². The molecule has 4 atom stereocenters. The molecule has 0 amide bonds. The van der Waals surface area contributed by atoms with Gasteiger partial charge in [0.1, 0.15) is 25.2 Å². The van der Waals surface area contributed by atoms with E-state index in [9.17, 15) is 0 Å². The molecule has 23 heavy (non-hydrogen) atoms. The summed E-state index contributed by atoms with van der Waals surface area (Å²) >= 11 is 0. The average molecular weight is 321 g/mol. The van der Waals surface area contributed by atoms with Crippen molar-refractivity contribution in [3.8, 4) is 0 Å². The molecule has 0 spiro atoms. The number of hydrogen-bond acceptors (Lipinski definition) is 0. The zero-order valence-electron chi connectivity index (χ0n) is 15.5. The molecule has 2 aliphatic heterocycles. The van der Waals surface area contributed by atoms with Crippen LogP contribution in [0.1, 0.15) is 84.0 Å². The molecule has 2 N–H and O–H groups in total. The van der Waals surface area contributed by atoms with Gasteiger partial charge in [0.25, 0.3) is 0 Å². The summed E-state index contributed by atoms with van der Waals surface area (Å²) in [5.41, 5.74) is 0. The fourth-order valence-corrected chi connectivity index (χ4v) is 6.95. The van der Waals surface area contributed by atoms with Crippen LogP contribution >= 0.6 is 0 Å². The highest BCUT2D eigenvalue weighted by Crippen LogP contribution is 2.30. The summed E-state index contributed by atoms with van der Waals surface area (Å²) in [7, 11) is 0. The number of rotatable bonds is 3. The van der Waals surface area contributed by atoms with Crippen LogP contribution in [0.25, 0.3) is 0 Å². The summed E-state index contributed by atoms with van der Waals surface area (Å²) in [5.74, 6) is 2.12. The third kappa shape index (κ3) is 3.35. The monoisotopic (exact) mass is 320 g/mol. The van der Waals surface area contributed by atoms with Crippen molar-refractivity contribution in [2.45, 2.75) is 102 Å². The van der Waals surface area contributed by atoms with Crippen LogP contribution in [-0.4, -0.2) is 37.8 Å². The average Bonchev–Trinajstić information content (AvgIpc) is 3.10. The Kier molecular flexibility index (Phi) is 5.30. The first-order chi connectivity index (χ1) is 11.4. The van der Waals surface area contributed by atoms with Crippen molar-refractivity contribution in [3.05, 3.63) is 0 Å². The maximum atomic E-state index is 2.41. The molecule has 2 nitrogen and oxygen atoms in total. The van der Waals surface area contributed by atoms with Crippen LogP contribution in [0.5, 0.6) is 0 Å². The van der Waals surface area contributed by atoms with Gasteiger partial charge in [0.15, 0.2) is 0 Å². The molecule has 2 heterocycles. The molecule has 2 unspecified atom stereocenters. The second-order valence-corrected chi connectivity index (χ2v) is 9.28. The van der Waals surface area contributed by atoms with E-state index >= 15 is 0 Å². The first-order valence-corrected chi connectivity index (χ1v) is 11.1. The van der Waals surface area contributed by atoms with Crippen molar-refractivity contribution in [2.75, 3.05) is 19.6 Å². The van der Waals surface area contributed by atoms with E-state index in [0.717, 1.165) is 30.0 Å². The Morgan fingerprint density at radius 2 is 1.52 bits per heavy atom. The molecule has 0 bridgehead atoms. The van der Waals surface area contributed by atoms with Gasteiger partial charge in [-0.15, -0.1) is 0 Å². The van der Waals surface area contributed by atoms with Gasteiger partial charge in [0.05, 0.1) is 12.6 Å². The predicted octanol–water partition coefficient (Wildman–Crippen LogP) is 1.85. The van der Waals surface area contributed by atoms with Crippen molar-refractivity contribution >= 4 is 0 Å². The smallest absolute Gasteiger partial charge is 0.143 e. The number of fused-ring (bicyclic) bond motifs is 1. The third-order valence-corrected chi connectivity index (χ3v) is 8.24. The van der Waals surface area contributed by atoms with Crippen LogP contribution in [0.2, 0.25) is 0 Å². The van der Waals surface area contributed by atoms with Gasteiger partial charge < -0.3 is 9.80 Å². The van der Waals surface area contributed by atoms with Gasteiger partial charge in [-0.05, 0) is 44.4 Å². The van der Waals surface area contributed by atoms with E-state index in [2.05, 4.69) is 11.8 Å². The van der Waals surface area contributed by atoms with Crippen molar-refractivity contribution in [2.24, 2.45) is 11.8 Å². The minimum Gasteiger partial charge on any atom is -0.323 e. The Hall–Kier alpha value is -0.0800. The molecule has 4 fully saturated rings. The van der Waals surface area contributed by atoms with Crippen LogP contribution in [0.4, 0.5) is 0 Å². The largest absolute Gasteiger partial charge is 0.323 e. The minimum atomic E-state index is 1.02. The number of quaternary nitrogens is 2. The lowest BCUT2D eigenvalue weighted by atomic mass is 9.76. The molecule has 2 saturated heterocycles. The molecule has 0 aromatic carbocycles. The van der Waals surface area contributed by atoms with Crippen molar-refractivity contribution < 1.29 is 9.80 Å². The molecular formula is C21H40N2+2. The maximum absolute atomic E-state index is 2.41. The van der Waals surface area contributed by atoms with Crippen LogP contribution < -0.4 is 9.80 Å². The number of nitrogens with one attached hydrogen (secondary N) is 2. The zero-order chi connectivity index (χ0) is 15.6. The van der Waals surface area contributed by atoms with Crippen LogP contribution in [0.15, 0.2) is 0 Å². The van der Waals surface area contributed by atoms with Gasteiger partial charge in [-0.2, -0.15) is 0 Å². The van der Waals surface area contributed by atoms with E-state index in [4.69, 9.17) is 0 Å². The summed E-state index contributed by atoms with van der Waals surface area (Å²) in [4.78, 5) is 4.11. The fraction of sp³-hybridized carbons (Fsp3) is 1.00. The topological polar surface area (TPSA) is 8.88 Å². The molecule has 0 aromatic heterocycles. The van der Waals surface area contributed by atoms with Crippen molar-refractivity contribution in [3.63, 3.8) is 0 Å². The lowest BCUT2D eigenvalue weighted by molar-refractivity contribution is -1.05. The van der Waals surface area contributed by atoms with E-state index in [1.807, 2.05) is 4.90 Å². The molecule has 2 heteroatoms. The lowest BCUT2D eigenvalue weighted by Gasteiger charge is -2.48. The Morgan fingerprint density at radius 1 is 0.739 bits per heavy atom. The number of piperazine rings is 1. The molecule has 132 valence electrons. The standard InChI is InChI=1S/C21H38N2/c1-2-17-10-12-19(13-11-17)23-16-15-22-14-6-9-20(22)21(23)18-7-4-3-5-8-18/h17-21H,2-16H2,1H3/p+2/t17?,19?,20-,21+/m1/s1. The van der Waals surface area contributed by atoms with E-state index in [1.54, 1.807) is 32.1 Å². The van der Waals surface area contributed by atoms with Gasteiger partial charge in [-0.1, -0.05) is 32.6 Å². The number of hydrogen-bond donors (Lipinski definition) is 2. The first kappa shape index (κ1) is 16.4. The third-order valence-electron chi connectivity index (χ3n) is 8.24. The van der Waals surface area contributed by atoms with Gasteiger partial charge in [0.2, 0.25) is 0 Å². The Balaban J connectivity index is 1.49. The summed E-state index contributed by atoms with van der Waals surface area (Å²) in [6, 6.07) is 3.09. The Labute approximate surface area is 144 Å². The second-order valence-electron chi connectivity index (χ2n) is 9.28. The quantitative estimate of drug-likeness (QED) is 0.785. The minimum absolute atomic E-state index is 1.02. The molecule has 2 saturated carbocycles. The molecule has 0 aromatic rings. The van der Waals surface area contributed by atoms with Crippen LogP contribution in [-0.2, 0) is 0 Å². The summed E-state index contributed by atoms with van der Waals surface area (Å²) in [6.07, 6.45) is 18.3. The highest BCUT2D eigenvalue weighted by Gasteiger charge is 2.51. The van der Waals surface area contributed by atoms with Crippen molar-refractivity contribution in [1.82, 2.24) is 0 Å². The van der Waals surface area contributed by atoms with E-state index < -0.39 is 0 Å². The van der Waals surface area contributed by atoms with Crippen LogP contribution in [0, 0.1) is 11.8 Å². The maximum Gasteiger partial charge on any atom is 0.143 e. The van der Waals surface area contributed by atoms with Crippen LogP contribution in [0.3, 0.4) is 0 Å². The summed E-state index contributed by atoms with van der Waals surface area (Å²) < 4.78 is 0. The van der Waals surface area contributed by atoms with Gasteiger partial charge in [-0.25, -0.2) is 0 Å². The summed E-state index contributed by atoms with van der Waals surface area (Å²) in [5, 5.41) is 0. The van der Waals surface area contributed by atoms with E-state index in [0.29, 0.717) is 0 Å². The molecule has 0 radical (unpaired) electrons. The Bertz CT molecular complexity index is 368. The van der Waals surface area contributed by atoms with E-state index in [1.165, 1.54) is 64.6 Å². The highest BCUT2D eigenvalue weighted by atomic mass is 15.3. The van der Waals surface area contributed by atoms with Crippen molar-refractivity contribution in [1.29, 1.82) is 0 Å². The second kappa shape index (κ2) is 7.44. The molecule has 2 aliphatic carbocycles. The van der Waals surface area contributed by atoms with Gasteiger partial charge in [-0.3, -0.25) is 0 Å². The fourth-order valence-electron chi connectivity index (χ4n) is 6.95. The normalized spacial score (nSPS) is 45.8. The first-order valence-electron chi connectivity index (χ1n) is 11.1. The van der Waals surface area contributed by atoms with Gasteiger partial charge >= 0.3 is 0 Å². The highest BCUT2D eigenvalue weighted by molar-refractivity contribution is 4.85. The van der Waals surface area contributed by atoms with Gasteiger partial charge in [0, 0.05) is 18.8 Å². The lowest BCUT2D eigenvalue weighted by Crippen LogP contribution is -3.34. The summed E-state index contributed by atoms with van der Waals surface area (Å²) in [6.45, 7) is 6.87. The Morgan fingerprint density at radius 3 is 2.26 bits per heavy atom.